The first-order valence-electron chi connectivity index (χ1n) is 8.86. The van der Waals surface area contributed by atoms with Gasteiger partial charge in [-0.15, -0.1) is 0 Å². The van der Waals surface area contributed by atoms with Crippen LogP contribution in [0.15, 0.2) is 77.0 Å². The lowest BCUT2D eigenvalue weighted by molar-refractivity contribution is -0.387. The Labute approximate surface area is 185 Å². The topological polar surface area (TPSA) is 123 Å². The van der Waals surface area contributed by atoms with Gasteiger partial charge in [0.15, 0.2) is 5.03 Å². The molecule has 0 saturated heterocycles. The van der Waals surface area contributed by atoms with Crippen molar-refractivity contribution in [3.8, 4) is 0 Å². The zero-order valence-corrected chi connectivity index (χ0v) is 17.2. The predicted octanol–water partition coefficient (Wildman–Crippen LogP) is 4.49. The molecule has 2 aromatic carbocycles. The van der Waals surface area contributed by atoms with Crippen molar-refractivity contribution in [2.24, 2.45) is 0 Å². The van der Waals surface area contributed by atoms with Crippen LogP contribution in [0.1, 0.15) is 10.4 Å². The van der Waals surface area contributed by atoms with Gasteiger partial charge in [0, 0.05) is 16.5 Å². The highest BCUT2D eigenvalue weighted by Gasteiger charge is 2.25. The average molecular weight is 453 g/mol. The van der Waals surface area contributed by atoms with Gasteiger partial charge in [-0.2, -0.15) is 0 Å². The van der Waals surface area contributed by atoms with Crippen molar-refractivity contribution < 1.29 is 9.72 Å². The molecule has 9 nitrogen and oxygen atoms in total. The molecule has 2 aromatic heterocycles. The number of amides is 1. The van der Waals surface area contributed by atoms with E-state index in [0.717, 1.165) is 17.1 Å². The van der Waals surface area contributed by atoms with Gasteiger partial charge in [-0.25, -0.2) is 9.97 Å². The van der Waals surface area contributed by atoms with E-state index in [2.05, 4.69) is 25.8 Å². The minimum Gasteiger partial charge on any atom is -0.276 e. The van der Waals surface area contributed by atoms with Gasteiger partial charge in [-0.1, -0.05) is 53.7 Å². The lowest BCUT2D eigenvalue weighted by Gasteiger charge is -2.10. The molecule has 0 atom stereocenters. The fourth-order valence-corrected chi connectivity index (χ4v) is 4.00. The molecule has 0 spiro atoms. The molecule has 0 bridgehead atoms. The standard InChI is InChI=1S/C20H13ClN6O3S/c21-14-8-2-1-7-13(14)19(28)26-25-18-17(27(29)30)20(24-11-23-18)31-15-9-3-5-12-6-4-10-22-16(12)15/h1-11H,(H,26,28)(H,23,24,25). The van der Waals surface area contributed by atoms with Gasteiger partial charge in [0.1, 0.15) is 6.33 Å². The second kappa shape index (κ2) is 8.94. The first-order chi connectivity index (χ1) is 15.0. The summed E-state index contributed by atoms with van der Waals surface area (Å²) < 4.78 is 0. The second-order valence-corrected chi connectivity index (χ2v) is 7.56. The third kappa shape index (κ3) is 4.39. The summed E-state index contributed by atoms with van der Waals surface area (Å²) in [5.41, 5.74) is 5.42. The normalized spacial score (nSPS) is 10.6. The molecular formula is C20H13ClN6O3S. The van der Waals surface area contributed by atoms with Crippen LogP contribution in [0.2, 0.25) is 5.02 Å². The molecular weight excluding hydrogens is 440 g/mol. The summed E-state index contributed by atoms with van der Waals surface area (Å²) in [5.74, 6) is -0.720. The lowest BCUT2D eigenvalue weighted by Crippen LogP contribution is -2.30. The molecule has 0 radical (unpaired) electrons. The number of hydrogen-bond acceptors (Lipinski definition) is 8. The van der Waals surface area contributed by atoms with Crippen LogP contribution in [0.3, 0.4) is 0 Å². The van der Waals surface area contributed by atoms with Crippen molar-refractivity contribution in [2.75, 3.05) is 5.43 Å². The second-order valence-electron chi connectivity index (χ2n) is 6.13. The van der Waals surface area contributed by atoms with Crippen LogP contribution in [-0.2, 0) is 0 Å². The van der Waals surface area contributed by atoms with E-state index < -0.39 is 10.8 Å². The van der Waals surface area contributed by atoms with Crippen LogP contribution in [0.4, 0.5) is 11.5 Å². The van der Waals surface area contributed by atoms with Crippen molar-refractivity contribution in [1.82, 2.24) is 20.4 Å². The Balaban J connectivity index is 1.63. The van der Waals surface area contributed by atoms with Gasteiger partial charge < -0.3 is 0 Å². The van der Waals surface area contributed by atoms with Crippen LogP contribution >= 0.6 is 23.4 Å². The Morgan fingerprint density at radius 1 is 1.03 bits per heavy atom. The number of halogens is 1. The zero-order chi connectivity index (χ0) is 21.8. The molecule has 0 unspecified atom stereocenters. The van der Waals surface area contributed by atoms with Gasteiger partial charge in [0.05, 0.1) is 21.0 Å². The Hall–Kier alpha value is -3.76. The van der Waals surface area contributed by atoms with E-state index in [1.807, 2.05) is 24.3 Å². The number of nitro groups is 1. The summed E-state index contributed by atoms with van der Waals surface area (Å²) in [7, 11) is 0. The smallest absolute Gasteiger partial charge is 0.276 e. The highest BCUT2D eigenvalue weighted by atomic mass is 35.5. The number of para-hydroxylation sites is 1. The Kier molecular flexibility index (Phi) is 5.92. The highest BCUT2D eigenvalue weighted by molar-refractivity contribution is 7.99. The summed E-state index contributed by atoms with van der Waals surface area (Å²) in [5, 5.41) is 13.0. The van der Waals surface area contributed by atoms with Gasteiger partial charge in [-0.3, -0.25) is 30.7 Å². The molecule has 0 aliphatic carbocycles. The van der Waals surface area contributed by atoms with Gasteiger partial charge in [0.2, 0.25) is 5.82 Å². The summed E-state index contributed by atoms with van der Waals surface area (Å²) in [6, 6.07) is 15.7. The number of aromatic nitrogens is 3. The molecule has 11 heteroatoms. The molecule has 0 saturated carbocycles. The highest BCUT2D eigenvalue weighted by Crippen LogP contribution is 2.38. The number of benzene rings is 2. The van der Waals surface area contributed by atoms with Crippen LogP contribution in [0, 0.1) is 10.1 Å². The first-order valence-corrected chi connectivity index (χ1v) is 10.1. The Morgan fingerprint density at radius 2 is 1.84 bits per heavy atom. The third-order valence-electron chi connectivity index (χ3n) is 4.19. The molecule has 0 aliphatic rings. The van der Waals surface area contributed by atoms with E-state index in [1.54, 1.807) is 30.5 Å². The number of nitrogens with one attached hydrogen (secondary N) is 2. The van der Waals surface area contributed by atoms with Crippen molar-refractivity contribution in [3.05, 3.63) is 87.8 Å². The van der Waals surface area contributed by atoms with Crippen molar-refractivity contribution in [1.29, 1.82) is 0 Å². The zero-order valence-electron chi connectivity index (χ0n) is 15.7. The van der Waals surface area contributed by atoms with E-state index >= 15 is 0 Å². The molecule has 4 rings (SSSR count). The number of nitrogens with zero attached hydrogens (tertiary/aromatic N) is 4. The number of rotatable bonds is 6. The number of carbonyl (C=O) groups excluding carboxylic acids is 1. The first kappa shape index (κ1) is 20.5. The number of pyridine rings is 1. The SMILES string of the molecule is O=C(NNc1ncnc(Sc2cccc3cccnc23)c1[N+](=O)[O-])c1ccccc1Cl. The molecule has 0 aliphatic heterocycles. The predicted molar refractivity (Wildman–Crippen MR) is 117 cm³/mol. The average Bonchev–Trinajstić information content (AvgIpc) is 2.78. The fraction of sp³-hybridized carbons (Fsp3) is 0. The maximum absolute atomic E-state index is 12.4. The monoisotopic (exact) mass is 452 g/mol. The molecule has 154 valence electrons. The van der Waals surface area contributed by atoms with Crippen LogP contribution < -0.4 is 10.9 Å². The van der Waals surface area contributed by atoms with E-state index in [4.69, 9.17) is 11.6 Å². The lowest BCUT2D eigenvalue weighted by atomic mass is 10.2. The van der Waals surface area contributed by atoms with Crippen molar-refractivity contribution in [3.63, 3.8) is 0 Å². The minimum atomic E-state index is -0.606. The van der Waals surface area contributed by atoms with E-state index in [9.17, 15) is 14.9 Å². The number of hydrogen-bond donors (Lipinski definition) is 2. The maximum atomic E-state index is 12.4. The van der Waals surface area contributed by atoms with Crippen LogP contribution in [0.25, 0.3) is 10.9 Å². The number of carbonyl (C=O) groups is 1. The molecule has 1 amide bonds. The number of anilines is 1. The Bertz CT molecular complexity index is 1300. The quantitative estimate of drug-likeness (QED) is 0.249. The van der Waals surface area contributed by atoms with Gasteiger partial charge >= 0.3 is 5.69 Å². The van der Waals surface area contributed by atoms with Crippen molar-refractivity contribution in [2.45, 2.75) is 9.92 Å². The minimum absolute atomic E-state index is 0.104. The van der Waals surface area contributed by atoms with Crippen LogP contribution in [-0.4, -0.2) is 25.8 Å². The molecule has 31 heavy (non-hydrogen) atoms. The summed E-state index contributed by atoms with van der Waals surface area (Å²) in [4.78, 5) is 36.6. The van der Waals surface area contributed by atoms with Crippen LogP contribution in [0.5, 0.6) is 0 Å². The maximum Gasteiger partial charge on any atom is 0.345 e. The molecule has 2 heterocycles. The fourth-order valence-electron chi connectivity index (χ4n) is 2.78. The molecule has 4 aromatic rings. The third-order valence-corrected chi connectivity index (χ3v) is 5.56. The Morgan fingerprint density at radius 3 is 2.65 bits per heavy atom. The molecule has 0 fully saturated rings. The summed E-state index contributed by atoms with van der Waals surface area (Å²) >= 11 is 7.10. The summed E-state index contributed by atoms with van der Waals surface area (Å²) in [6.45, 7) is 0. The van der Waals surface area contributed by atoms with E-state index in [1.165, 1.54) is 12.4 Å². The van der Waals surface area contributed by atoms with E-state index in [-0.39, 0.29) is 27.1 Å². The molecule has 2 N–H and O–H groups in total. The largest absolute Gasteiger partial charge is 0.345 e. The summed E-state index contributed by atoms with van der Waals surface area (Å²) in [6.07, 6.45) is 2.83. The van der Waals surface area contributed by atoms with E-state index in [0.29, 0.717) is 10.4 Å². The van der Waals surface area contributed by atoms with Gasteiger partial charge in [0.25, 0.3) is 5.91 Å². The number of hydrazine groups is 1. The number of fused-ring (bicyclic) bond motifs is 1. The van der Waals surface area contributed by atoms with Crippen molar-refractivity contribution >= 4 is 51.7 Å². The van der Waals surface area contributed by atoms with Gasteiger partial charge in [-0.05, 0) is 24.3 Å².